The molecule has 0 unspecified atom stereocenters. The van der Waals surface area contributed by atoms with E-state index in [-0.39, 0.29) is 5.91 Å². The van der Waals surface area contributed by atoms with Crippen molar-refractivity contribution in [2.24, 2.45) is 0 Å². The van der Waals surface area contributed by atoms with Gasteiger partial charge in [-0.15, -0.1) is 0 Å². The molecule has 0 saturated carbocycles. The lowest BCUT2D eigenvalue weighted by atomic mass is 10.1. The zero-order valence-corrected chi connectivity index (χ0v) is 12.1. The molecule has 0 radical (unpaired) electrons. The predicted molar refractivity (Wildman–Crippen MR) is 78.6 cm³/mol. The van der Waals surface area contributed by atoms with Crippen LogP contribution >= 0.6 is 15.9 Å². The highest BCUT2D eigenvalue weighted by Crippen LogP contribution is 2.21. The fourth-order valence-corrected chi connectivity index (χ4v) is 2.17. The van der Waals surface area contributed by atoms with Gasteiger partial charge in [-0.2, -0.15) is 0 Å². The maximum atomic E-state index is 12.3. The van der Waals surface area contributed by atoms with Gasteiger partial charge in [0.15, 0.2) is 0 Å². The number of nitrogens with two attached hydrogens (primary N) is 1. The number of nitrogen functional groups attached to an aromatic ring is 1. The summed E-state index contributed by atoms with van der Waals surface area (Å²) in [5.41, 5.74) is 7.83. The number of pyridine rings is 1. The summed E-state index contributed by atoms with van der Waals surface area (Å²) in [5, 5.41) is 0. The van der Waals surface area contributed by atoms with Crippen LogP contribution in [0.2, 0.25) is 0 Å². The number of nitrogens with zero attached hydrogens (tertiary/aromatic N) is 2. The Balaban J connectivity index is 2.17. The Morgan fingerprint density at radius 3 is 2.89 bits per heavy atom. The molecule has 4 nitrogen and oxygen atoms in total. The van der Waals surface area contributed by atoms with Gasteiger partial charge in [0, 0.05) is 36.1 Å². The van der Waals surface area contributed by atoms with E-state index < -0.39 is 0 Å². The highest BCUT2D eigenvalue weighted by molar-refractivity contribution is 9.10. The van der Waals surface area contributed by atoms with Crippen molar-refractivity contribution in [2.45, 2.75) is 6.54 Å². The highest BCUT2D eigenvalue weighted by Gasteiger charge is 2.15. The molecule has 0 fully saturated rings. The Bertz CT molecular complexity index is 586. The molecular formula is C14H14BrN3O. The smallest absolute Gasteiger partial charge is 0.255 e. The Morgan fingerprint density at radius 1 is 1.42 bits per heavy atom. The van der Waals surface area contributed by atoms with Gasteiger partial charge >= 0.3 is 0 Å². The third-order valence-corrected chi connectivity index (χ3v) is 3.40. The van der Waals surface area contributed by atoms with Gasteiger partial charge in [0.25, 0.3) is 5.91 Å². The van der Waals surface area contributed by atoms with Crippen molar-refractivity contribution in [3.05, 3.63) is 58.3 Å². The summed E-state index contributed by atoms with van der Waals surface area (Å²) in [7, 11) is 1.75. The minimum Gasteiger partial charge on any atom is -0.399 e. The third-order valence-electron chi connectivity index (χ3n) is 2.71. The van der Waals surface area contributed by atoms with Crippen molar-refractivity contribution >= 4 is 27.5 Å². The minimum atomic E-state index is -0.0805. The Kier molecular flexibility index (Phi) is 4.16. The van der Waals surface area contributed by atoms with Crippen molar-refractivity contribution in [3.8, 4) is 0 Å². The maximum Gasteiger partial charge on any atom is 0.255 e. The first-order valence-corrected chi connectivity index (χ1v) is 6.56. The molecule has 0 aliphatic carbocycles. The topological polar surface area (TPSA) is 59.2 Å². The summed E-state index contributed by atoms with van der Waals surface area (Å²) in [4.78, 5) is 18.0. The largest absolute Gasteiger partial charge is 0.399 e. The maximum absolute atomic E-state index is 12.3. The van der Waals surface area contributed by atoms with E-state index >= 15 is 0 Å². The van der Waals surface area contributed by atoms with E-state index in [2.05, 4.69) is 20.9 Å². The quantitative estimate of drug-likeness (QED) is 0.885. The molecule has 2 aromatic rings. The highest BCUT2D eigenvalue weighted by atomic mass is 79.9. The van der Waals surface area contributed by atoms with Gasteiger partial charge in [0.2, 0.25) is 0 Å². The van der Waals surface area contributed by atoms with Gasteiger partial charge in [-0.05, 0) is 45.8 Å². The van der Waals surface area contributed by atoms with Crippen molar-refractivity contribution in [1.29, 1.82) is 0 Å². The van der Waals surface area contributed by atoms with Crippen molar-refractivity contribution in [1.82, 2.24) is 9.88 Å². The number of benzene rings is 1. The second kappa shape index (κ2) is 5.84. The van der Waals surface area contributed by atoms with Crippen LogP contribution in [-0.2, 0) is 6.54 Å². The fourth-order valence-electron chi connectivity index (χ4n) is 1.75. The van der Waals surface area contributed by atoms with E-state index in [1.165, 1.54) is 0 Å². The van der Waals surface area contributed by atoms with E-state index in [1.807, 2.05) is 12.1 Å². The zero-order valence-electron chi connectivity index (χ0n) is 10.5. The lowest BCUT2D eigenvalue weighted by molar-refractivity contribution is 0.0784. The molecule has 2 rings (SSSR count). The number of halogens is 1. The molecule has 0 saturated heterocycles. The zero-order chi connectivity index (χ0) is 13.8. The average Bonchev–Trinajstić information content (AvgIpc) is 2.42. The van der Waals surface area contributed by atoms with Gasteiger partial charge in [-0.3, -0.25) is 9.78 Å². The molecule has 0 spiro atoms. The average molecular weight is 320 g/mol. The van der Waals surface area contributed by atoms with E-state index in [0.29, 0.717) is 17.8 Å². The fraction of sp³-hybridized carbons (Fsp3) is 0.143. The SMILES string of the molecule is CN(Cc1cccnc1)C(=O)c1cc(N)ccc1Br. The Morgan fingerprint density at radius 2 is 2.21 bits per heavy atom. The van der Waals surface area contributed by atoms with Crippen molar-refractivity contribution < 1.29 is 4.79 Å². The minimum absolute atomic E-state index is 0.0805. The molecule has 1 aromatic carbocycles. The van der Waals surface area contributed by atoms with Gasteiger partial charge in [0.05, 0.1) is 5.56 Å². The molecule has 5 heteroatoms. The van der Waals surface area contributed by atoms with E-state index in [4.69, 9.17) is 5.73 Å². The van der Waals surface area contributed by atoms with Gasteiger partial charge < -0.3 is 10.6 Å². The Hall–Kier alpha value is -1.88. The first-order valence-electron chi connectivity index (χ1n) is 5.77. The first kappa shape index (κ1) is 13.5. The van der Waals surface area contributed by atoms with E-state index in [0.717, 1.165) is 10.0 Å². The summed E-state index contributed by atoms with van der Waals surface area (Å²) < 4.78 is 0.740. The molecule has 98 valence electrons. The molecule has 0 aliphatic rings. The number of amides is 1. The van der Waals surface area contributed by atoms with Gasteiger partial charge in [0.1, 0.15) is 0 Å². The van der Waals surface area contributed by atoms with Crippen LogP contribution < -0.4 is 5.73 Å². The van der Waals surface area contributed by atoms with E-state index in [9.17, 15) is 4.79 Å². The van der Waals surface area contributed by atoms with Crippen molar-refractivity contribution in [2.75, 3.05) is 12.8 Å². The number of aromatic nitrogens is 1. The van der Waals surface area contributed by atoms with Crippen LogP contribution in [0.4, 0.5) is 5.69 Å². The van der Waals surface area contributed by atoms with Crippen LogP contribution in [-0.4, -0.2) is 22.8 Å². The molecule has 0 bridgehead atoms. The van der Waals surface area contributed by atoms with Crippen LogP contribution in [0, 0.1) is 0 Å². The van der Waals surface area contributed by atoms with E-state index in [1.54, 1.807) is 42.5 Å². The monoisotopic (exact) mass is 319 g/mol. The molecule has 1 aromatic heterocycles. The van der Waals surface area contributed by atoms with Crippen LogP contribution in [0.5, 0.6) is 0 Å². The number of carbonyl (C=O) groups is 1. The molecule has 19 heavy (non-hydrogen) atoms. The summed E-state index contributed by atoms with van der Waals surface area (Å²) in [6.45, 7) is 0.508. The van der Waals surface area contributed by atoms with Gasteiger partial charge in [-0.1, -0.05) is 6.07 Å². The summed E-state index contributed by atoms with van der Waals surface area (Å²) in [6.07, 6.45) is 3.46. The third kappa shape index (κ3) is 3.32. The number of hydrogen-bond donors (Lipinski definition) is 1. The van der Waals surface area contributed by atoms with Crippen LogP contribution in [0.3, 0.4) is 0 Å². The molecule has 0 aliphatic heterocycles. The van der Waals surface area contributed by atoms with Crippen LogP contribution in [0.25, 0.3) is 0 Å². The summed E-state index contributed by atoms with van der Waals surface area (Å²) in [6, 6.07) is 8.99. The second-order valence-corrected chi connectivity index (χ2v) is 5.12. The lowest BCUT2D eigenvalue weighted by Gasteiger charge is -2.18. The van der Waals surface area contributed by atoms with Gasteiger partial charge in [-0.25, -0.2) is 0 Å². The number of rotatable bonds is 3. The molecule has 2 N–H and O–H groups in total. The normalized spacial score (nSPS) is 10.2. The number of anilines is 1. The summed E-state index contributed by atoms with van der Waals surface area (Å²) in [5.74, 6) is -0.0805. The number of hydrogen-bond acceptors (Lipinski definition) is 3. The first-order chi connectivity index (χ1) is 9.08. The Labute approximate surface area is 120 Å². The second-order valence-electron chi connectivity index (χ2n) is 4.26. The van der Waals surface area contributed by atoms with Crippen LogP contribution in [0.1, 0.15) is 15.9 Å². The number of carbonyl (C=O) groups excluding carboxylic acids is 1. The predicted octanol–water partition coefficient (Wildman–Crippen LogP) is 2.70. The molecule has 0 atom stereocenters. The molecule has 1 amide bonds. The lowest BCUT2D eigenvalue weighted by Crippen LogP contribution is -2.26. The van der Waals surface area contributed by atoms with Crippen molar-refractivity contribution in [3.63, 3.8) is 0 Å². The summed E-state index contributed by atoms with van der Waals surface area (Å²) >= 11 is 3.37. The molecule has 1 heterocycles. The molecular weight excluding hydrogens is 306 g/mol. The standard InChI is InChI=1S/C14H14BrN3O/c1-18(9-10-3-2-6-17-8-10)14(19)12-7-11(16)4-5-13(12)15/h2-8H,9,16H2,1H3. The van der Waals surface area contributed by atoms with Crippen LogP contribution in [0.15, 0.2) is 47.2 Å².